The molecular formula is C11H13N3O2S. The third-order valence-electron chi connectivity index (χ3n) is 2.23. The van der Waals surface area contributed by atoms with Crippen LogP contribution in [0.4, 0.5) is 0 Å². The summed E-state index contributed by atoms with van der Waals surface area (Å²) in [7, 11) is 0. The molecule has 17 heavy (non-hydrogen) atoms. The van der Waals surface area contributed by atoms with Gasteiger partial charge in [0, 0.05) is 30.6 Å². The summed E-state index contributed by atoms with van der Waals surface area (Å²) in [6.45, 7) is 2.16. The van der Waals surface area contributed by atoms with Crippen molar-refractivity contribution in [2.24, 2.45) is 0 Å². The van der Waals surface area contributed by atoms with Crippen LogP contribution in [0.2, 0.25) is 0 Å². The van der Waals surface area contributed by atoms with E-state index in [1.54, 1.807) is 24.0 Å². The number of ether oxygens (including phenoxy) is 1. The van der Waals surface area contributed by atoms with E-state index in [0.29, 0.717) is 19.4 Å². The van der Waals surface area contributed by atoms with Gasteiger partial charge in [0.2, 0.25) is 5.13 Å². The summed E-state index contributed by atoms with van der Waals surface area (Å²) in [6.07, 6.45) is 4.51. The predicted molar refractivity (Wildman–Crippen MR) is 64.2 cm³/mol. The Labute approximate surface area is 103 Å². The van der Waals surface area contributed by atoms with E-state index in [1.165, 1.54) is 11.3 Å². The molecule has 0 fully saturated rings. The highest BCUT2D eigenvalue weighted by molar-refractivity contribution is 7.12. The predicted octanol–water partition coefficient (Wildman–Crippen LogP) is 1.82. The van der Waals surface area contributed by atoms with Gasteiger partial charge in [-0.3, -0.25) is 4.79 Å². The Bertz CT molecular complexity index is 479. The third kappa shape index (κ3) is 2.91. The van der Waals surface area contributed by atoms with Gasteiger partial charge in [0.25, 0.3) is 0 Å². The molecule has 6 heteroatoms. The maximum Gasteiger partial charge on any atom is 0.305 e. The number of aromatic nitrogens is 3. The fourth-order valence-corrected chi connectivity index (χ4v) is 2.01. The molecule has 0 amide bonds. The van der Waals surface area contributed by atoms with Crippen LogP contribution in [0.5, 0.6) is 0 Å². The minimum Gasteiger partial charge on any atom is -0.465 e. The zero-order chi connectivity index (χ0) is 12.1. The number of thiazole rings is 1. The summed E-state index contributed by atoms with van der Waals surface area (Å²) in [5, 5.41) is 6.93. The fraction of sp³-hybridized carbons (Fsp3) is 0.364. The van der Waals surface area contributed by atoms with E-state index in [9.17, 15) is 4.79 Å². The Morgan fingerprint density at radius 3 is 3.12 bits per heavy atom. The molecule has 0 saturated heterocycles. The van der Waals surface area contributed by atoms with Crippen LogP contribution in [0.1, 0.15) is 19.0 Å². The molecule has 2 aromatic rings. The lowest BCUT2D eigenvalue weighted by Gasteiger charge is -2.04. The fourth-order valence-electron chi connectivity index (χ4n) is 1.38. The van der Waals surface area contributed by atoms with E-state index < -0.39 is 0 Å². The quantitative estimate of drug-likeness (QED) is 0.761. The zero-order valence-electron chi connectivity index (χ0n) is 9.50. The highest BCUT2D eigenvalue weighted by atomic mass is 32.1. The third-order valence-corrected chi connectivity index (χ3v) is 2.98. The molecule has 5 nitrogen and oxygen atoms in total. The van der Waals surface area contributed by atoms with Crippen molar-refractivity contribution in [1.82, 2.24) is 14.8 Å². The normalized spacial score (nSPS) is 10.4. The van der Waals surface area contributed by atoms with Crippen LogP contribution < -0.4 is 0 Å². The van der Waals surface area contributed by atoms with Crippen molar-refractivity contribution in [1.29, 1.82) is 0 Å². The first kappa shape index (κ1) is 11.8. The topological polar surface area (TPSA) is 57.0 Å². The molecule has 0 aliphatic carbocycles. The first-order chi connectivity index (χ1) is 8.31. The maximum absolute atomic E-state index is 11.0. The molecule has 0 bridgehead atoms. The van der Waals surface area contributed by atoms with Crippen LogP contribution in [0.3, 0.4) is 0 Å². The highest BCUT2D eigenvalue weighted by Crippen LogP contribution is 2.13. The van der Waals surface area contributed by atoms with Gasteiger partial charge in [-0.15, -0.1) is 11.3 Å². The van der Waals surface area contributed by atoms with Crippen LogP contribution in [-0.4, -0.2) is 27.3 Å². The molecule has 0 spiro atoms. The van der Waals surface area contributed by atoms with Crippen LogP contribution in [-0.2, 0) is 16.0 Å². The van der Waals surface area contributed by atoms with Crippen molar-refractivity contribution >= 4 is 17.3 Å². The lowest BCUT2D eigenvalue weighted by atomic mass is 10.3. The molecule has 0 aliphatic heterocycles. The summed E-state index contributed by atoms with van der Waals surface area (Å²) in [5.41, 5.74) is 0.990. The summed E-state index contributed by atoms with van der Waals surface area (Å²) in [5.74, 6) is -0.176. The largest absolute Gasteiger partial charge is 0.465 e. The van der Waals surface area contributed by atoms with Gasteiger partial charge in [-0.25, -0.2) is 9.67 Å². The molecule has 0 saturated carbocycles. The van der Waals surface area contributed by atoms with Crippen molar-refractivity contribution in [2.45, 2.75) is 19.8 Å². The van der Waals surface area contributed by atoms with Crippen molar-refractivity contribution in [2.75, 3.05) is 6.61 Å². The molecule has 0 radical (unpaired) electrons. The van der Waals surface area contributed by atoms with Crippen molar-refractivity contribution in [3.8, 4) is 5.13 Å². The second kappa shape index (κ2) is 5.58. The summed E-state index contributed by atoms with van der Waals surface area (Å²) >= 11 is 1.52. The SMILES string of the molecule is CCC(=O)OCCc1ccnn1-c1nccs1. The molecule has 0 N–H and O–H groups in total. The first-order valence-corrected chi connectivity index (χ1v) is 6.27. The Morgan fingerprint density at radius 2 is 2.41 bits per heavy atom. The summed E-state index contributed by atoms with van der Waals surface area (Å²) in [6, 6.07) is 1.90. The first-order valence-electron chi connectivity index (χ1n) is 5.39. The molecule has 2 heterocycles. The van der Waals surface area contributed by atoms with Crippen molar-refractivity contribution < 1.29 is 9.53 Å². The van der Waals surface area contributed by atoms with Gasteiger partial charge in [0.05, 0.1) is 12.3 Å². The molecule has 2 rings (SSSR count). The number of hydrogen-bond acceptors (Lipinski definition) is 5. The Balaban J connectivity index is 1.98. The highest BCUT2D eigenvalue weighted by Gasteiger charge is 2.07. The molecule has 0 aromatic carbocycles. The van der Waals surface area contributed by atoms with Gasteiger partial charge in [-0.1, -0.05) is 6.92 Å². The minimum atomic E-state index is -0.176. The second-order valence-corrected chi connectivity index (χ2v) is 4.25. The minimum absolute atomic E-state index is 0.176. The maximum atomic E-state index is 11.0. The lowest BCUT2D eigenvalue weighted by molar-refractivity contribution is -0.143. The Hall–Kier alpha value is -1.69. The molecule has 90 valence electrons. The van der Waals surface area contributed by atoms with E-state index in [0.717, 1.165) is 10.8 Å². The number of carbonyl (C=O) groups is 1. The molecule has 2 aromatic heterocycles. The monoisotopic (exact) mass is 251 g/mol. The van der Waals surface area contributed by atoms with Gasteiger partial charge < -0.3 is 4.74 Å². The molecule has 0 unspecified atom stereocenters. The number of rotatable bonds is 5. The smallest absolute Gasteiger partial charge is 0.305 e. The van der Waals surface area contributed by atoms with Gasteiger partial charge >= 0.3 is 5.97 Å². The average molecular weight is 251 g/mol. The van der Waals surface area contributed by atoms with Crippen LogP contribution in [0.25, 0.3) is 5.13 Å². The Morgan fingerprint density at radius 1 is 1.53 bits per heavy atom. The van der Waals surface area contributed by atoms with Gasteiger partial charge in [-0.05, 0) is 6.07 Å². The average Bonchev–Trinajstić information content (AvgIpc) is 2.98. The van der Waals surface area contributed by atoms with E-state index in [-0.39, 0.29) is 5.97 Å². The zero-order valence-corrected chi connectivity index (χ0v) is 10.3. The van der Waals surface area contributed by atoms with E-state index in [1.807, 2.05) is 11.4 Å². The van der Waals surface area contributed by atoms with E-state index in [4.69, 9.17) is 4.74 Å². The van der Waals surface area contributed by atoms with Gasteiger partial charge in [-0.2, -0.15) is 5.10 Å². The number of nitrogens with zero attached hydrogens (tertiary/aromatic N) is 3. The summed E-state index contributed by atoms with van der Waals surface area (Å²) < 4.78 is 6.81. The van der Waals surface area contributed by atoms with Crippen molar-refractivity contribution in [3.05, 3.63) is 29.5 Å². The molecule has 0 atom stereocenters. The number of carbonyl (C=O) groups excluding carboxylic acids is 1. The van der Waals surface area contributed by atoms with E-state index >= 15 is 0 Å². The van der Waals surface area contributed by atoms with Crippen LogP contribution in [0, 0.1) is 0 Å². The van der Waals surface area contributed by atoms with Crippen LogP contribution >= 0.6 is 11.3 Å². The van der Waals surface area contributed by atoms with Crippen LogP contribution in [0.15, 0.2) is 23.8 Å². The number of hydrogen-bond donors (Lipinski definition) is 0. The standard InChI is InChI=1S/C11H13N3O2S/c1-2-10(15)16-7-4-9-3-5-13-14(9)11-12-6-8-17-11/h3,5-6,8H,2,4,7H2,1H3. The number of esters is 1. The molecule has 0 aliphatic rings. The molecular weight excluding hydrogens is 238 g/mol. The lowest BCUT2D eigenvalue weighted by Crippen LogP contribution is -2.09. The second-order valence-electron chi connectivity index (χ2n) is 3.37. The van der Waals surface area contributed by atoms with Gasteiger partial charge in [0.15, 0.2) is 0 Å². The summed E-state index contributed by atoms with van der Waals surface area (Å²) in [4.78, 5) is 15.2. The van der Waals surface area contributed by atoms with Gasteiger partial charge in [0.1, 0.15) is 0 Å². The Kier molecular flexibility index (Phi) is 3.87. The van der Waals surface area contributed by atoms with Crippen molar-refractivity contribution in [3.63, 3.8) is 0 Å². The van der Waals surface area contributed by atoms with E-state index in [2.05, 4.69) is 10.1 Å².